The van der Waals surface area contributed by atoms with Gasteiger partial charge in [-0.2, -0.15) is 13.2 Å². The molecule has 0 saturated carbocycles. The maximum atomic E-state index is 12.1. The molecule has 0 aromatic rings. The van der Waals surface area contributed by atoms with Gasteiger partial charge in [-0.25, -0.2) is 0 Å². The van der Waals surface area contributed by atoms with E-state index in [9.17, 15) is 22.8 Å². The van der Waals surface area contributed by atoms with Gasteiger partial charge in [-0.05, 0) is 13.8 Å². The van der Waals surface area contributed by atoms with Gasteiger partial charge in [-0.1, -0.05) is 0 Å². The van der Waals surface area contributed by atoms with Gasteiger partial charge in [0, 0.05) is 6.04 Å². The summed E-state index contributed by atoms with van der Waals surface area (Å²) in [6.07, 6.45) is -5.43. The minimum atomic E-state index is -4.34. The van der Waals surface area contributed by atoms with Gasteiger partial charge >= 0.3 is 6.18 Å². The molecule has 0 radical (unpaired) electrons. The number of halogens is 3. The van der Waals surface area contributed by atoms with Crippen LogP contribution in [0.4, 0.5) is 13.2 Å². The minimum absolute atomic E-state index is 0.305. The van der Waals surface area contributed by atoms with Gasteiger partial charge in [-0.3, -0.25) is 9.59 Å². The molecule has 2 unspecified atom stereocenters. The highest BCUT2D eigenvalue weighted by molar-refractivity contribution is 5.94. The number of piperazine rings is 1. The van der Waals surface area contributed by atoms with E-state index in [4.69, 9.17) is 0 Å². The van der Waals surface area contributed by atoms with E-state index in [1.807, 2.05) is 0 Å². The lowest BCUT2D eigenvalue weighted by atomic mass is 10.1. The van der Waals surface area contributed by atoms with Crippen LogP contribution in [-0.4, -0.2) is 41.5 Å². The van der Waals surface area contributed by atoms with Crippen LogP contribution in [0.15, 0.2) is 0 Å². The monoisotopic (exact) mass is 238 g/mol. The van der Waals surface area contributed by atoms with E-state index < -0.39 is 36.5 Å². The molecule has 0 bridgehead atoms. The molecule has 92 valence electrons. The molecular formula is C9H13F3N2O2. The summed E-state index contributed by atoms with van der Waals surface area (Å²) in [5.41, 5.74) is 0. The van der Waals surface area contributed by atoms with Crippen LogP contribution in [0.1, 0.15) is 20.3 Å². The van der Waals surface area contributed by atoms with Crippen molar-refractivity contribution >= 4 is 11.8 Å². The van der Waals surface area contributed by atoms with Crippen molar-refractivity contribution in [1.82, 2.24) is 10.2 Å². The molecule has 0 spiro atoms. The van der Waals surface area contributed by atoms with Gasteiger partial charge in [0.15, 0.2) is 0 Å². The van der Waals surface area contributed by atoms with E-state index in [0.717, 1.165) is 4.90 Å². The highest BCUT2D eigenvalue weighted by Gasteiger charge is 2.38. The Balaban J connectivity index is 2.70. The molecule has 1 aliphatic heterocycles. The predicted octanol–water partition coefficient (Wildman–Crippen LogP) is 0.674. The Morgan fingerprint density at radius 2 is 2.06 bits per heavy atom. The van der Waals surface area contributed by atoms with Gasteiger partial charge in [0.25, 0.3) is 0 Å². The molecule has 7 heteroatoms. The second-order valence-electron chi connectivity index (χ2n) is 3.92. The maximum Gasteiger partial charge on any atom is 0.391 e. The fourth-order valence-corrected chi connectivity index (χ4v) is 1.65. The van der Waals surface area contributed by atoms with Crippen molar-refractivity contribution in [1.29, 1.82) is 0 Å². The van der Waals surface area contributed by atoms with E-state index in [1.165, 1.54) is 13.8 Å². The molecule has 1 saturated heterocycles. The number of carbonyl (C=O) groups excluding carboxylic acids is 2. The predicted molar refractivity (Wildman–Crippen MR) is 49.5 cm³/mol. The van der Waals surface area contributed by atoms with Crippen LogP contribution in [0.5, 0.6) is 0 Å². The van der Waals surface area contributed by atoms with Crippen LogP contribution in [0.25, 0.3) is 0 Å². The molecule has 1 aliphatic rings. The van der Waals surface area contributed by atoms with E-state index in [0.29, 0.717) is 0 Å². The van der Waals surface area contributed by atoms with E-state index >= 15 is 0 Å². The summed E-state index contributed by atoms with van der Waals surface area (Å²) in [6, 6.07) is -1.77. The number of nitrogens with zero attached hydrogens (tertiary/aromatic N) is 1. The van der Waals surface area contributed by atoms with Crippen molar-refractivity contribution in [2.24, 2.45) is 0 Å². The fourth-order valence-electron chi connectivity index (χ4n) is 1.65. The Hall–Kier alpha value is -1.27. The summed E-state index contributed by atoms with van der Waals surface area (Å²) in [5.74, 6) is -0.905. The molecule has 0 aromatic carbocycles. The van der Waals surface area contributed by atoms with Crippen molar-refractivity contribution in [2.45, 2.75) is 38.5 Å². The normalized spacial score (nSPS) is 24.3. The summed E-state index contributed by atoms with van der Waals surface area (Å²) in [5, 5.41) is 2.37. The van der Waals surface area contributed by atoms with Crippen molar-refractivity contribution < 1.29 is 22.8 Å². The largest absolute Gasteiger partial charge is 0.391 e. The van der Waals surface area contributed by atoms with Crippen LogP contribution < -0.4 is 5.32 Å². The first-order chi connectivity index (χ1) is 7.20. The Morgan fingerprint density at radius 3 is 2.56 bits per heavy atom. The average Bonchev–Trinajstić information content (AvgIpc) is 2.08. The zero-order chi connectivity index (χ0) is 12.5. The van der Waals surface area contributed by atoms with Crippen molar-refractivity contribution in [3.8, 4) is 0 Å². The highest BCUT2D eigenvalue weighted by Crippen LogP contribution is 2.24. The zero-order valence-corrected chi connectivity index (χ0v) is 8.97. The third-order valence-electron chi connectivity index (χ3n) is 2.40. The number of amides is 2. The first kappa shape index (κ1) is 12.8. The number of hydrogen-bond donors (Lipinski definition) is 1. The number of rotatable bonds is 2. The fraction of sp³-hybridized carbons (Fsp3) is 0.778. The van der Waals surface area contributed by atoms with E-state index in [2.05, 4.69) is 5.32 Å². The molecule has 1 N–H and O–H groups in total. The lowest BCUT2D eigenvalue weighted by Gasteiger charge is -2.35. The molecule has 4 nitrogen and oxygen atoms in total. The molecule has 16 heavy (non-hydrogen) atoms. The molecule has 0 aliphatic carbocycles. The second-order valence-corrected chi connectivity index (χ2v) is 3.92. The van der Waals surface area contributed by atoms with Gasteiger partial charge in [0.1, 0.15) is 6.04 Å². The quantitative estimate of drug-likeness (QED) is 0.768. The van der Waals surface area contributed by atoms with Gasteiger partial charge < -0.3 is 10.2 Å². The number of carbonyl (C=O) groups is 2. The second kappa shape index (κ2) is 4.31. The molecule has 1 rings (SSSR count). The summed E-state index contributed by atoms with van der Waals surface area (Å²) in [6.45, 7) is 2.43. The minimum Gasteiger partial charge on any atom is -0.343 e. The molecular weight excluding hydrogens is 225 g/mol. The Morgan fingerprint density at radius 1 is 1.50 bits per heavy atom. The highest BCUT2D eigenvalue weighted by atomic mass is 19.4. The van der Waals surface area contributed by atoms with Crippen molar-refractivity contribution in [3.05, 3.63) is 0 Å². The Bertz CT molecular complexity index is 304. The molecule has 1 fully saturated rings. The van der Waals surface area contributed by atoms with Crippen LogP contribution in [-0.2, 0) is 9.59 Å². The lowest BCUT2D eigenvalue weighted by Crippen LogP contribution is -2.59. The van der Waals surface area contributed by atoms with Crippen LogP contribution in [0.2, 0.25) is 0 Å². The molecule has 0 aromatic heterocycles. The van der Waals surface area contributed by atoms with Gasteiger partial charge in [0.2, 0.25) is 11.8 Å². The van der Waals surface area contributed by atoms with Crippen LogP contribution in [0.3, 0.4) is 0 Å². The lowest BCUT2D eigenvalue weighted by molar-refractivity contribution is -0.159. The third-order valence-corrected chi connectivity index (χ3v) is 2.40. The Labute approximate surface area is 90.8 Å². The summed E-state index contributed by atoms with van der Waals surface area (Å²) in [7, 11) is 0. The van der Waals surface area contributed by atoms with E-state index in [1.54, 1.807) is 0 Å². The SMILES string of the molecule is CC1NC(=O)CN(C(C)CC(F)(F)F)C1=O. The van der Waals surface area contributed by atoms with Gasteiger partial charge in [0.05, 0.1) is 13.0 Å². The number of nitrogens with one attached hydrogen (secondary N) is 1. The molecule has 2 amide bonds. The molecule has 2 atom stereocenters. The summed E-state index contributed by atoms with van der Waals surface area (Å²) in [4.78, 5) is 23.6. The first-order valence-electron chi connectivity index (χ1n) is 4.87. The van der Waals surface area contributed by atoms with Crippen molar-refractivity contribution in [2.75, 3.05) is 6.54 Å². The smallest absolute Gasteiger partial charge is 0.343 e. The number of hydrogen-bond acceptors (Lipinski definition) is 2. The topological polar surface area (TPSA) is 49.4 Å². The van der Waals surface area contributed by atoms with Crippen molar-refractivity contribution in [3.63, 3.8) is 0 Å². The average molecular weight is 238 g/mol. The maximum absolute atomic E-state index is 12.1. The van der Waals surface area contributed by atoms with Crippen LogP contribution in [0, 0.1) is 0 Å². The first-order valence-corrected chi connectivity index (χ1v) is 4.87. The third kappa shape index (κ3) is 3.11. The van der Waals surface area contributed by atoms with Gasteiger partial charge in [-0.15, -0.1) is 0 Å². The van der Waals surface area contributed by atoms with Crippen LogP contribution >= 0.6 is 0 Å². The van der Waals surface area contributed by atoms with E-state index in [-0.39, 0.29) is 6.54 Å². The Kier molecular flexibility index (Phi) is 3.44. The summed E-state index contributed by atoms with van der Waals surface area (Å²) < 4.78 is 36.4. The molecule has 1 heterocycles. The zero-order valence-electron chi connectivity index (χ0n) is 8.97. The summed E-state index contributed by atoms with van der Waals surface area (Å²) >= 11 is 0. The number of alkyl halides is 3. The standard InChI is InChI=1S/C9H13F3N2O2/c1-5(3-9(10,11)12)14-4-7(15)13-6(2)8(14)16/h5-6H,3-4H2,1-2H3,(H,13,15).